The molecule has 0 spiro atoms. The van der Waals surface area contributed by atoms with Crippen molar-refractivity contribution in [3.05, 3.63) is 29.8 Å². The van der Waals surface area contributed by atoms with E-state index in [0.29, 0.717) is 48.8 Å². The van der Waals surface area contributed by atoms with Crippen LogP contribution in [0.2, 0.25) is 0 Å². The molecule has 3 aromatic rings. The van der Waals surface area contributed by atoms with Gasteiger partial charge in [-0.3, -0.25) is 5.43 Å². The number of oxazole rings is 1. The first kappa shape index (κ1) is 17.7. The molecule has 27 heavy (non-hydrogen) atoms. The summed E-state index contributed by atoms with van der Waals surface area (Å²) in [6.45, 7) is 7.51. The van der Waals surface area contributed by atoms with Crippen molar-refractivity contribution in [3.63, 3.8) is 0 Å². The molecule has 1 aliphatic heterocycles. The van der Waals surface area contributed by atoms with Crippen LogP contribution < -0.4 is 10.2 Å². The molecule has 1 aromatic carbocycles. The first-order valence-corrected chi connectivity index (χ1v) is 9.20. The Hall–Kier alpha value is -2.71. The van der Waals surface area contributed by atoms with E-state index in [9.17, 15) is 0 Å². The van der Waals surface area contributed by atoms with Crippen molar-refractivity contribution in [2.75, 3.05) is 38.3 Å². The average molecular weight is 369 g/mol. The first-order chi connectivity index (χ1) is 13.2. The number of hydrazine groups is 1. The monoisotopic (exact) mass is 369 g/mol. The van der Waals surface area contributed by atoms with Crippen LogP contribution in [0.5, 0.6) is 5.88 Å². The van der Waals surface area contributed by atoms with Crippen LogP contribution in [0.3, 0.4) is 0 Å². The van der Waals surface area contributed by atoms with Crippen molar-refractivity contribution in [2.45, 2.75) is 20.3 Å². The summed E-state index contributed by atoms with van der Waals surface area (Å²) in [5, 5.41) is 2.02. The Kier molecular flexibility index (Phi) is 5.17. The molecule has 1 N–H and O–H groups in total. The van der Waals surface area contributed by atoms with Gasteiger partial charge in [-0.15, -0.1) is 0 Å². The van der Waals surface area contributed by atoms with E-state index in [0.717, 1.165) is 30.6 Å². The zero-order valence-electron chi connectivity index (χ0n) is 15.6. The fourth-order valence-electron chi connectivity index (χ4n) is 2.87. The van der Waals surface area contributed by atoms with E-state index in [2.05, 4.69) is 20.4 Å². The number of nitrogens with zero attached hydrogens (tertiary/aromatic N) is 4. The Labute approximate surface area is 157 Å². The molecule has 0 bridgehead atoms. The van der Waals surface area contributed by atoms with Crippen LogP contribution in [0.15, 0.2) is 28.7 Å². The van der Waals surface area contributed by atoms with Crippen molar-refractivity contribution in [3.8, 4) is 17.3 Å². The maximum Gasteiger partial charge on any atom is 0.256 e. The third-order valence-electron chi connectivity index (χ3n) is 4.20. The Bertz CT molecular complexity index is 921. The predicted molar refractivity (Wildman–Crippen MR) is 102 cm³/mol. The summed E-state index contributed by atoms with van der Waals surface area (Å²) in [5.41, 5.74) is 6.19. The molecule has 0 radical (unpaired) electrons. The summed E-state index contributed by atoms with van der Waals surface area (Å²) in [6, 6.07) is 8.00. The highest BCUT2D eigenvalue weighted by Gasteiger charge is 2.19. The number of hydrogen-bond donors (Lipinski definition) is 1. The van der Waals surface area contributed by atoms with Gasteiger partial charge < -0.3 is 13.9 Å². The molecule has 1 saturated heterocycles. The average Bonchev–Trinajstić information content (AvgIpc) is 3.11. The quantitative estimate of drug-likeness (QED) is 0.710. The summed E-state index contributed by atoms with van der Waals surface area (Å²) in [5.74, 6) is 1.37. The van der Waals surface area contributed by atoms with Crippen molar-refractivity contribution < 1.29 is 13.9 Å². The predicted octanol–water partition coefficient (Wildman–Crippen LogP) is 3.04. The van der Waals surface area contributed by atoms with Gasteiger partial charge in [0.05, 0.1) is 19.8 Å². The number of aryl methyl sites for hydroxylation is 1. The highest BCUT2D eigenvalue weighted by atomic mass is 16.5. The molecule has 8 heteroatoms. The smallest absolute Gasteiger partial charge is 0.256 e. The van der Waals surface area contributed by atoms with Crippen LogP contribution in [-0.2, 0) is 4.74 Å². The van der Waals surface area contributed by atoms with E-state index in [1.165, 1.54) is 0 Å². The summed E-state index contributed by atoms with van der Waals surface area (Å²) < 4.78 is 17.1. The van der Waals surface area contributed by atoms with E-state index in [1.54, 1.807) is 0 Å². The molecule has 0 amide bonds. The van der Waals surface area contributed by atoms with E-state index in [1.807, 2.05) is 43.1 Å². The second-order valence-corrected chi connectivity index (χ2v) is 6.45. The summed E-state index contributed by atoms with van der Waals surface area (Å²) >= 11 is 0. The van der Waals surface area contributed by atoms with Gasteiger partial charge in [0.2, 0.25) is 17.7 Å². The normalized spacial score (nSPS) is 15.2. The zero-order chi connectivity index (χ0) is 18.6. The first-order valence-electron chi connectivity index (χ1n) is 9.20. The van der Waals surface area contributed by atoms with Gasteiger partial charge in [-0.25, -0.2) is 9.99 Å². The molecule has 0 aliphatic carbocycles. The lowest BCUT2D eigenvalue weighted by Gasteiger charge is -2.26. The Morgan fingerprint density at radius 3 is 2.81 bits per heavy atom. The number of anilines is 1. The molecule has 4 rings (SSSR count). The van der Waals surface area contributed by atoms with Crippen LogP contribution in [-0.4, -0.2) is 52.9 Å². The third kappa shape index (κ3) is 4.01. The molecular formula is C19H23N5O3. The SMILES string of the molecule is CCCOc1nc(NN2CCOCC2)nc2oc(-c3cccc(C)c3)nc12. The number of ether oxygens (including phenoxy) is 2. The Morgan fingerprint density at radius 1 is 1.19 bits per heavy atom. The Morgan fingerprint density at radius 2 is 2.04 bits per heavy atom. The number of aromatic nitrogens is 3. The van der Waals surface area contributed by atoms with E-state index in [4.69, 9.17) is 13.9 Å². The summed E-state index contributed by atoms with van der Waals surface area (Å²) in [6.07, 6.45) is 0.875. The molecule has 3 heterocycles. The van der Waals surface area contributed by atoms with Crippen LogP contribution in [0.25, 0.3) is 22.7 Å². The van der Waals surface area contributed by atoms with Crippen molar-refractivity contribution in [2.24, 2.45) is 0 Å². The molecule has 0 saturated carbocycles. The van der Waals surface area contributed by atoms with E-state index in [-0.39, 0.29) is 0 Å². The summed E-state index contributed by atoms with van der Waals surface area (Å²) in [4.78, 5) is 13.6. The second-order valence-electron chi connectivity index (χ2n) is 6.45. The molecule has 1 fully saturated rings. The Balaban J connectivity index is 1.70. The van der Waals surface area contributed by atoms with Crippen LogP contribution in [0, 0.1) is 6.92 Å². The highest BCUT2D eigenvalue weighted by Crippen LogP contribution is 2.29. The molecule has 142 valence electrons. The lowest BCUT2D eigenvalue weighted by Crippen LogP contribution is -2.40. The van der Waals surface area contributed by atoms with Crippen LogP contribution >= 0.6 is 0 Å². The minimum absolute atomic E-state index is 0.406. The van der Waals surface area contributed by atoms with E-state index >= 15 is 0 Å². The largest absolute Gasteiger partial charge is 0.476 e. The highest BCUT2D eigenvalue weighted by molar-refractivity contribution is 5.78. The van der Waals surface area contributed by atoms with Crippen molar-refractivity contribution in [1.29, 1.82) is 0 Å². The number of fused-ring (bicyclic) bond motifs is 1. The van der Waals surface area contributed by atoms with Gasteiger partial charge in [-0.05, 0) is 25.5 Å². The van der Waals surface area contributed by atoms with Gasteiger partial charge in [0.1, 0.15) is 0 Å². The lowest BCUT2D eigenvalue weighted by molar-refractivity contribution is 0.0492. The number of morpholine rings is 1. The second kappa shape index (κ2) is 7.89. The number of benzene rings is 1. The van der Waals surface area contributed by atoms with Gasteiger partial charge in [-0.1, -0.05) is 24.6 Å². The topological polar surface area (TPSA) is 85.5 Å². The number of nitrogens with one attached hydrogen (secondary N) is 1. The maximum atomic E-state index is 5.93. The molecule has 0 atom stereocenters. The maximum absolute atomic E-state index is 5.93. The van der Waals surface area contributed by atoms with Crippen LogP contribution in [0.1, 0.15) is 18.9 Å². The molecule has 2 aromatic heterocycles. The van der Waals surface area contributed by atoms with Crippen molar-refractivity contribution in [1.82, 2.24) is 20.0 Å². The minimum atomic E-state index is 0.406. The molecule has 8 nitrogen and oxygen atoms in total. The zero-order valence-corrected chi connectivity index (χ0v) is 15.6. The van der Waals surface area contributed by atoms with Gasteiger partial charge >= 0.3 is 0 Å². The number of hydrogen-bond acceptors (Lipinski definition) is 8. The van der Waals surface area contributed by atoms with Crippen molar-refractivity contribution >= 4 is 17.2 Å². The van der Waals surface area contributed by atoms with Gasteiger partial charge in [0, 0.05) is 18.7 Å². The summed E-state index contributed by atoms with van der Waals surface area (Å²) in [7, 11) is 0. The number of rotatable bonds is 6. The standard InChI is InChI=1S/C19H23N5O3/c1-3-9-26-17-15-18(22-19(21-17)23-24-7-10-25-11-8-24)27-16(20-15)14-6-4-5-13(2)12-14/h4-6,12H,3,7-11H2,1-2H3,(H,21,22,23). The van der Waals surface area contributed by atoms with Gasteiger partial charge in [0.25, 0.3) is 5.71 Å². The third-order valence-corrected chi connectivity index (χ3v) is 4.20. The van der Waals surface area contributed by atoms with Gasteiger partial charge in [-0.2, -0.15) is 9.97 Å². The minimum Gasteiger partial charge on any atom is -0.476 e. The fourth-order valence-corrected chi connectivity index (χ4v) is 2.87. The van der Waals surface area contributed by atoms with Gasteiger partial charge in [0.15, 0.2) is 5.52 Å². The van der Waals surface area contributed by atoms with Crippen LogP contribution in [0.4, 0.5) is 5.95 Å². The molecular weight excluding hydrogens is 346 g/mol. The lowest BCUT2D eigenvalue weighted by atomic mass is 10.1. The van der Waals surface area contributed by atoms with E-state index < -0.39 is 0 Å². The fraction of sp³-hybridized carbons (Fsp3) is 0.421. The molecule has 0 unspecified atom stereocenters. The molecule has 1 aliphatic rings.